The van der Waals surface area contributed by atoms with Gasteiger partial charge in [-0.25, -0.2) is 0 Å². The number of carbonyl (C=O) groups is 2. The van der Waals surface area contributed by atoms with Gasteiger partial charge in [0, 0.05) is 38.4 Å². The lowest BCUT2D eigenvalue weighted by molar-refractivity contribution is -0.116. The number of nitrogens with one attached hydrogen (secondary N) is 1. The monoisotopic (exact) mass is 268 g/mol. The van der Waals surface area contributed by atoms with E-state index in [0.717, 1.165) is 18.0 Å². The van der Waals surface area contributed by atoms with E-state index in [2.05, 4.69) is 10.4 Å². The van der Waals surface area contributed by atoms with Crippen LogP contribution in [0.5, 0.6) is 0 Å². The highest BCUT2D eigenvalue weighted by molar-refractivity contribution is 8.13. The van der Waals surface area contributed by atoms with Crippen LogP contribution < -0.4 is 5.32 Å². The zero-order valence-corrected chi connectivity index (χ0v) is 11.3. The number of amides is 2. The number of carbonyl (C=O) groups excluding carboxylic acids is 2. The van der Waals surface area contributed by atoms with E-state index in [4.69, 9.17) is 0 Å². The summed E-state index contributed by atoms with van der Waals surface area (Å²) in [4.78, 5) is 24.8. The summed E-state index contributed by atoms with van der Waals surface area (Å²) in [5.74, 6) is 1.41. The second-order valence-electron chi connectivity index (χ2n) is 4.19. The Hall–Kier alpha value is -1.50. The third-order valence-corrected chi connectivity index (χ3v) is 3.62. The van der Waals surface area contributed by atoms with Gasteiger partial charge in [-0.3, -0.25) is 14.3 Å². The summed E-state index contributed by atoms with van der Waals surface area (Å²) in [6, 6.07) is 1.81. The van der Waals surface area contributed by atoms with Gasteiger partial charge in [0.25, 0.3) is 5.24 Å². The lowest BCUT2D eigenvalue weighted by Gasteiger charge is -2.13. The van der Waals surface area contributed by atoms with Crippen LogP contribution in [0, 0.1) is 6.92 Å². The van der Waals surface area contributed by atoms with E-state index >= 15 is 0 Å². The Bertz CT molecular complexity index is 472. The molecule has 1 fully saturated rings. The molecule has 98 valence electrons. The summed E-state index contributed by atoms with van der Waals surface area (Å²) in [5, 5.41) is 7.00. The summed E-state index contributed by atoms with van der Waals surface area (Å²) >= 11 is 1.31. The molecule has 2 heterocycles. The van der Waals surface area contributed by atoms with E-state index in [1.165, 1.54) is 11.8 Å². The predicted octanol–water partition coefficient (Wildman–Crippen LogP) is 1.23. The summed E-state index contributed by atoms with van der Waals surface area (Å²) in [5.41, 5.74) is 0.860. The van der Waals surface area contributed by atoms with Crippen molar-refractivity contribution < 1.29 is 9.59 Å². The van der Waals surface area contributed by atoms with Crippen LogP contribution in [0.4, 0.5) is 10.6 Å². The summed E-state index contributed by atoms with van der Waals surface area (Å²) in [6.45, 7) is 3.09. The van der Waals surface area contributed by atoms with Gasteiger partial charge in [0.05, 0.1) is 5.69 Å². The molecule has 2 rings (SSSR count). The molecule has 0 bridgehead atoms. The number of thioether (sulfide) groups is 1. The number of hydrogen-bond donors (Lipinski definition) is 1. The molecule has 1 aromatic heterocycles. The lowest BCUT2D eigenvalue weighted by Crippen LogP contribution is -2.28. The zero-order chi connectivity index (χ0) is 13.1. The number of rotatable bonds is 4. The third-order valence-electron chi connectivity index (χ3n) is 2.72. The maximum Gasteiger partial charge on any atom is 0.281 e. The van der Waals surface area contributed by atoms with Crippen molar-refractivity contribution in [2.24, 2.45) is 7.05 Å². The fourth-order valence-electron chi connectivity index (χ4n) is 1.80. The van der Waals surface area contributed by atoms with E-state index in [0.29, 0.717) is 18.8 Å². The molecule has 1 saturated heterocycles. The molecule has 1 aliphatic heterocycles. The van der Waals surface area contributed by atoms with Gasteiger partial charge in [0.2, 0.25) is 5.91 Å². The van der Waals surface area contributed by atoms with E-state index in [9.17, 15) is 9.59 Å². The first-order chi connectivity index (χ1) is 8.56. The van der Waals surface area contributed by atoms with Crippen molar-refractivity contribution in [3.05, 3.63) is 11.8 Å². The van der Waals surface area contributed by atoms with Gasteiger partial charge < -0.3 is 10.2 Å². The smallest absolute Gasteiger partial charge is 0.281 e. The molecule has 1 N–H and O–H groups in total. The van der Waals surface area contributed by atoms with Crippen molar-refractivity contribution >= 4 is 28.7 Å². The first kappa shape index (κ1) is 12.9. The SMILES string of the molecule is Cc1cc(NC(=O)CCN2CCSC2=O)n(C)n1. The van der Waals surface area contributed by atoms with Crippen molar-refractivity contribution in [2.75, 3.05) is 24.2 Å². The van der Waals surface area contributed by atoms with Crippen molar-refractivity contribution in [3.8, 4) is 0 Å². The van der Waals surface area contributed by atoms with Crippen LogP contribution in [0.25, 0.3) is 0 Å². The normalized spacial score (nSPS) is 15.2. The Balaban J connectivity index is 1.82. The number of anilines is 1. The average molecular weight is 268 g/mol. The Morgan fingerprint density at radius 3 is 2.94 bits per heavy atom. The van der Waals surface area contributed by atoms with E-state index in [-0.39, 0.29) is 11.1 Å². The van der Waals surface area contributed by atoms with Crippen molar-refractivity contribution in [1.29, 1.82) is 0 Å². The van der Waals surface area contributed by atoms with E-state index < -0.39 is 0 Å². The molecule has 1 aliphatic rings. The minimum Gasteiger partial charge on any atom is -0.332 e. The molecule has 7 heteroatoms. The van der Waals surface area contributed by atoms with Crippen molar-refractivity contribution in [3.63, 3.8) is 0 Å². The molecule has 0 aliphatic carbocycles. The van der Waals surface area contributed by atoms with Crippen LogP contribution in [-0.2, 0) is 11.8 Å². The van der Waals surface area contributed by atoms with Gasteiger partial charge >= 0.3 is 0 Å². The van der Waals surface area contributed by atoms with Gasteiger partial charge in [-0.2, -0.15) is 5.10 Å². The maximum atomic E-state index is 11.7. The average Bonchev–Trinajstić information content (AvgIpc) is 2.83. The lowest BCUT2D eigenvalue weighted by atomic mass is 10.3. The first-order valence-corrected chi connectivity index (χ1v) is 6.77. The molecule has 0 atom stereocenters. The predicted molar refractivity (Wildman–Crippen MR) is 70.6 cm³/mol. The first-order valence-electron chi connectivity index (χ1n) is 5.78. The largest absolute Gasteiger partial charge is 0.332 e. The molecular formula is C11H16N4O2S. The maximum absolute atomic E-state index is 11.7. The summed E-state index contributed by atoms with van der Waals surface area (Å²) in [6.07, 6.45) is 0.316. The molecule has 0 unspecified atom stereocenters. The summed E-state index contributed by atoms with van der Waals surface area (Å²) < 4.78 is 1.63. The molecular weight excluding hydrogens is 252 g/mol. The van der Waals surface area contributed by atoms with Crippen LogP contribution in [0.2, 0.25) is 0 Å². The molecule has 2 amide bonds. The van der Waals surface area contributed by atoms with Crippen LogP contribution in [0.15, 0.2) is 6.07 Å². The number of aromatic nitrogens is 2. The quantitative estimate of drug-likeness (QED) is 0.891. The molecule has 0 radical (unpaired) electrons. The van der Waals surface area contributed by atoms with Gasteiger partial charge in [0.1, 0.15) is 5.82 Å². The molecule has 0 saturated carbocycles. The van der Waals surface area contributed by atoms with Crippen molar-refractivity contribution in [1.82, 2.24) is 14.7 Å². The van der Waals surface area contributed by atoms with Crippen LogP contribution in [-0.4, -0.2) is 44.7 Å². The Labute approximate surface area is 110 Å². The highest BCUT2D eigenvalue weighted by Crippen LogP contribution is 2.17. The number of nitrogens with zero attached hydrogens (tertiary/aromatic N) is 3. The van der Waals surface area contributed by atoms with Gasteiger partial charge in [-0.15, -0.1) is 0 Å². The topological polar surface area (TPSA) is 67.2 Å². The van der Waals surface area contributed by atoms with E-state index in [1.54, 1.807) is 16.6 Å². The second-order valence-corrected chi connectivity index (χ2v) is 5.24. The highest BCUT2D eigenvalue weighted by atomic mass is 32.2. The van der Waals surface area contributed by atoms with Crippen LogP contribution >= 0.6 is 11.8 Å². The fourth-order valence-corrected chi connectivity index (χ4v) is 2.65. The highest BCUT2D eigenvalue weighted by Gasteiger charge is 2.21. The van der Waals surface area contributed by atoms with Gasteiger partial charge in [-0.05, 0) is 6.92 Å². The summed E-state index contributed by atoms with van der Waals surface area (Å²) in [7, 11) is 1.78. The number of hydrogen-bond acceptors (Lipinski definition) is 4. The molecule has 0 spiro atoms. The van der Waals surface area contributed by atoms with Crippen LogP contribution in [0.1, 0.15) is 12.1 Å². The van der Waals surface area contributed by atoms with Crippen LogP contribution in [0.3, 0.4) is 0 Å². The van der Waals surface area contributed by atoms with E-state index in [1.807, 2.05) is 13.0 Å². The molecule has 1 aromatic rings. The van der Waals surface area contributed by atoms with Gasteiger partial charge in [-0.1, -0.05) is 11.8 Å². The van der Waals surface area contributed by atoms with Crippen molar-refractivity contribution in [2.45, 2.75) is 13.3 Å². The Morgan fingerprint density at radius 1 is 1.61 bits per heavy atom. The zero-order valence-electron chi connectivity index (χ0n) is 10.5. The minimum atomic E-state index is -0.0947. The standard InChI is InChI=1S/C11H16N4O2S/c1-8-7-9(14(2)13-8)12-10(16)3-4-15-5-6-18-11(15)17/h7H,3-6H2,1-2H3,(H,12,16). The third kappa shape index (κ3) is 3.04. The minimum absolute atomic E-state index is 0.0687. The molecule has 6 nitrogen and oxygen atoms in total. The van der Waals surface area contributed by atoms with Gasteiger partial charge in [0.15, 0.2) is 0 Å². The Morgan fingerprint density at radius 2 is 2.39 bits per heavy atom. The number of aryl methyl sites for hydroxylation is 2. The fraction of sp³-hybridized carbons (Fsp3) is 0.545. The Kier molecular flexibility index (Phi) is 3.90. The molecule has 18 heavy (non-hydrogen) atoms. The molecule has 0 aromatic carbocycles. The second kappa shape index (κ2) is 5.43.